The van der Waals surface area contributed by atoms with E-state index in [0.717, 1.165) is 16.9 Å². The largest absolute Gasteiger partial charge is 0.465 e. The number of amides is 1. The van der Waals surface area contributed by atoms with Crippen LogP contribution in [0, 0.1) is 6.92 Å². The summed E-state index contributed by atoms with van der Waals surface area (Å²) in [6.07, 6.45) is -3.49. The fraction of sp³-hybridized carbons (Fsp3) is 0.158. The first-order chi connectivity index (χ1) is 13.7. The predicted molar refractivity (Wildman–Crippen MR) is 96.8 cm³/mol. The average Bonchev–Trinajstić information content (AvgIpc) is 3.18. The van der Waals surface area contributed by atoms with E-state index < -0.39 is 23.6 Å². The van der Waals surface area contributed by atoms with Crippen molar-refractivity contribution >= 4 is 17.6 Å². The average molecular weight is 404 g/mol. The Morgan fingerprint density at radius 2 is 1.83 bits per heavy atom. The predicted octanol–water partition coefficient (Wildman–Crippen LogP) is 3.63. The molecular formula is C19H15F3N4O3. The van der Waals surface area contributed by atoms with E-state index in [1.807, 2.05) is 0 Å². The summed E-state index contributed by atoms with van der Waals surface area (Å²) in [4.78, 5) is 24.2. The van der Waals surface area contributed by atoms with Crippen LogP contribution in [0.3, 0.4) is 0 Å². The van der Waals surface area contributed by atoms with Gasteiger partial charge in [-0.15, -0.1) is 5.10 Å². The van der Waals surface area contributed by atoms with E-state index in [1.165, 1.54) is 25.3 Å². The Morgan fingerprint density at radius 3 is 2.52 bits per heavy atom. The van der Waals surface area contributed by atoms with Crippen molar-refractivity contribution in [3.63, 3.8) is 0 Å². The summed E-state index contributed by atoms with van der Waals surface area (Å²) in [5.74, 6) is -1.25. The molecule has 0 aliphatic heterocycles. The minimum Gasteiger partial charge on any atom is -0.465 e. The minimum atomic E-state index is -4.59. The molecule has 2 aromatic carbocycles. The minimum absolute atomic E-state index is 0.190. The quantitative estimate of drug-likeness (QED) is 0.671. The van der Waals surface area contributed by atoms with Crippen LogP contribution >= 0.6 is 0 Å². The molecule has 29 heavy (non-hydrogen) atoms. The molecule has 1 amide bonds. The SMILES string of the molecule is COC(=O)c1cccc(NC(=O)c2cn(-c3ccccc3C(F)(F)F)nn2)c1C. The summed E-state index contributed by atoms with van der Waals surface area (Å²) in [7, 11) is 1.24. The number of ether oxygens (including phenoxy) is 1. The third-order valence-electron chi connectivity index (χ3n) is 4.17. The van der Waals surface area contributed by atoms with E-state index in [1.54, 1.807) is 25.1 Å². The Bertz CT molecular complexity index is 1080. The van der Waals surface area contributed by atoms with Crippen molar-refractivity contribution in [3.05, 3.63) is 71.0 Å². The Kier molecular flexibility index (Phi) is 5.35. The molecule has 0 saturated carbocycles. The van der Waals surface area contributed by atoms with Gasteiger partial charge in [0.2, 0.25) is 0 Å². The van der Waals surface area contributed by atoms with Crippen LogP contribution in [0.4, 0.5) is 18.9 Å². The van der Waals surface area contributed by atoms with Gasteiger partial charge < -0.3 is 10.1 Å². The maximum Gasteiger partial charge on any atom is 0.418 e. The number of nitrogens with one attached hydrogen (secondary N) is 1. The molecule has 0 saturated heterocycles. The number of benzene rings is 2. The number of anilines is 1. The molecule has 1 N–H and O–H groups in total. The Labute approximate surface area is 163 Å². The highest BCUT2D eigenvalue weighted by Gasteiger charge is 2.34. The van der Waals surface area contributed by atoms with Crippen LogP contribution in [0.2, 0.25) is 0 Å². The fourth-order valence-corrected chi connectivity index (χ4v) is 2.69. The van der Waals surface area contributed by atoms with E-state index in [0.29, 0.717) is 11.3 Å². The molecule has 3 rings (SSSR count). The molecule has 0 unspecified atom stereocenters. The molecule has 0 fully saturated rings. The van der Waals surface area contributed by atoms with Gasteiger partial charge in [-0.1, -0.05) is 23.4 Å². The molecule has 0 bridgehead atoms. The zero-order valence-corrected chi connectivity index (χ0v) is 15.3. The van der Waals surface area contributed by atoms with Gasteiger partial charge in [-0.25, -0.2) is 9.48 Å². The van der Waals surface area contributed by atoms with Crippen LogP contribution in [0.15, 0.2) is 48.7 Å². The van der Waals surface area contributed by atoms with Crippen molar-refractivity contribution in [2.24, 2.45) is 0 Å². The Hall–Kier alpha value is -3.69. The van der Waals surface area contributed by atoms with Gasteiger partial charge in [-0.3, -0.25) is 4.79 Å². The van der Waals surface area contributed by atoms with Crippen LogP contribution < -0.4 is 5.32 Å². The summed E-state index contributed by atoms with van der Waals surface area (Å²) in [6.45, 7) is 1.62. The van der Waals surface area contributed by atoms with Crippen molar-refractivity contribution in [1.82, 2.24) is 15.0 Å². The van der Waals surface area contributed by atoms with Crippen molar-refractivity contribution in [2.75, 3.05) is 12.4 Å². The molecule has 10 heteroatoms. The monoisotopic (exact) mass is 404 g/mol. The number of hydrogen-bond donors (Lipinski definition) is 1. The van der Waals surface area contributed by atoms with Crippen molar-refractivity contribution in [1.29, 1.82) is 0 Å². The van der Waals surface area contributed by atoms with Gasteiger partial charge in [0.1, 0.15) is 0 Å². The topological polar surface area (TPSA) is 86.1 Å². The van der Waals surface area contributed by atoms with E-state index in [-0.39, 0.29) is 16.9 Å². The highest BCUT2D eigenvalue weighted by molar-refractivity contribution is 6.04. The molecule has 0 atom stereocenters. The third-order valence-corrected chi connectivity index (χ3v) is 4.17. The standard InChI is InChI=1S/C19H15F3N4O3/c1-11-12(18(28)29-2)6-5-8-14(11)23-17(27)15-10-26(25-24-15)16-9-4-3-7-13(16)19(20,21)22/h3-10H,1-2H3,(H,23,27). The number of hydrogen-bond acceptors (Lipinski definition) is 5. The second-order valence-electron chi connectivity index (χ2n) is 5.99. The first-order valence-electron chi connectivity index (χ1n) is 8.30. The number of esters is 1. The number of methoxy groups -OCH3 is 1. The molecule has 0 aliphatic rings. The van der Waals surface area contributed by atoms with Crippen LogP contribution in [-0.2, 0) is 10.9 Å². The Morgan fingerprint density at radius 1 is 1.10 bits per heavy atom. The number of para-hydroxylation sites is 1. The van der Waals surface area contributed by atoms with E-state index in [2.05, 4.69) is 20.4 Å². The second-order valence-corrected chi connectivity index (χ2v) is 5.99. The lowest BCUT2D eigenvalue weighted by Crippen LogP contribution is -2.15. The smallest absolute Gasteiger partial charge is 0.418 e. The lowest BCUT2D eigenvalue weighted by atomic mass is 10.1. The van der Waals surface area contributed by atoms with Gasteiger partial charge in [-0.2, -0.15) is 13.2 Å². The number of alkyl halides is 3. The summed E-state index contributed by atoms with van der Waals surface area (Å²) in [5.41, 5.74) is -0.266. The lowest BCUT2D eigenvalue weighted by molar-refractivity contribution is -0.137. The normalized spacial score (nSPS) is 11.2. The van der Waals surface area contributed by atoms with Crippen LogP contribution in [0.5, 0.6) is 0 Å². The lowest BCUT2D eigenvalue weighted by Gasteiger charge is -2.11. The van der Waals surface area contributed by atoms with Crippen molar-refractivity contribution in [3.8, 4) is 5.69 Å². The number of rotatable bonds is 4. The van der Waals surface area contributed by atoms with Crippen LogP contribution in [0.25, 0.3) is 5.69 Å². The molecule has 1 aromatic heterocycles. The van der Waals surface area contributed by atoms with Gasteiger partial charge in [-0.05, 0) is 36.8 Å². The van der Waals surface area contributed by atoms with Gasteiger partial charge >= 0.3 is 12.1 Å². The molecule has 0 radical (unpaired) electrons. The van der Waals surface area contributed by atoms with Crippen LogP contribution in [-0.4, -0.2) is 34.0 Å². The summed E-state index contributed by atoms with van der Waals surface area (Å²) in [5, 5.41) is 9.86. The van der Waals surface area contributed by atoms with E-state index in [4.69, 9.17) is 0 Å². The van der Waals surface area contributed by atoms with E-state index in [9.17, 15) is 22.8 Å². The summed E-state index contributed by atoms with van der Waals surface area (Å²) >= 11 is 0. The number of halogens is 3. The van der Waals surface area contributed by atoms with Gasteiger partial charge in [0, 0.05) is 5.69 Å². The molecular weight excluding hydrogens is 389 g/mol. The number of aromatic nitrogens is 3. The molecule has 0 aliphatic carbocycles. The van der Waals surface area contributed by atoms with Crippen molar-refractivity contribution in [2.45, 2.75) is 13.1 Å². The van der Waals surface area contributed by atoms with Gasteiger partial charge in [0.25, 0.3) is 5.91 Å². The van der Waals surface area contributed by atoms with E-state index >= 15 is 0 Å². The second kappa shape index (κ2) is 7.74. The van der Waals surface area contributed by atoms with Gasteiger partial charge in [0.15, 0.2) is 5.69 Å². The fourth-order valence-electron chi connectivity index (χ4n) is 2.69. The summed E-state index contributed by atoms with van der Waals surface area (Å²) in [6, 6.07) is 9.50. The zero-order valence-electron chi connectivity index (χ0n) is 15.3. The molecule has 150 valence electrons. The van der Waals surface area contributed by atoms with Crippen molar-refractivity contribution < 1.29 is 27.5 Å². The molecule has 3 aromatic rings. The first-order valence-corrected chi connectivity index (χ1v) is 8.30. The van der Waals surface area contributed by atoms with Crippen LogP contribution in [0.1, 0.15) is 32.0 Å². The van der Waals surface area contributed by atoms with Gasteiger partial charge in [0.05, 0.1) is 30.1 Å². The number of carbonyl (C=O) groups excluding carboxylic acids is 2. The number of carbonyl (C=O) groups is 2. The molecule has 0 spiro atoms. The number of nitrogens with zero attached hydrogens (tertiary/aromatic N) is 3. The third kappa shape index (κ3) is 4.10. The maximum absolute atomic E-state index is 13.2. The molecule has 7 nitrogen and oxygen atoms in total. The first kappa shape index (κ1) is 20.1. The Balaban J connectivity index is 1.88. The zero-order chi connectivity index (χ0) is 21.2. The molecule has 1 heterocycles. The highest BCUT2D eigenvalue weighted by atomic mass is 19.4. The summed E-state index contributed by atoms with van der Waals surface area (Å²) < 4.78 is 45.1. The maximum atomic E-state index is 13.2. The highest BCUT2D eigenvalue weighted by Crippen LogP contribution is 2.33.